The van der Waals surface area contributed by atoms with Crippen LogP contribution in [0, 0.1) is 10.1 Å². The van der Waals surface area contributed by atoms with Crippen molar-refractivity contribution in [1.82, 2.24) is 0 Å². The maximum Gasteiger partial charge on any atom is 0.277 e. The van der Waals surface area contributed by atoms with Gasteiger partial charge in [0.25, 0.3) is 5.69 Å². The first-order valence-corrected chi connectivity index (χ1v) is 9.20. The molecule has 4 heteroatoms. The van der Waals surface area contributed by atoms with E-state index < -0.39 is 0 Å². The van der Waals surface area contributed by atoms with Gasteiger partial charge in [0.1, 0.15) is 0 Å². The fourth-order valence-electron chi connectivity index (χ4n) is 3.35. The van der Waals surface area contributed by atoms with Crippen molar-refractivity contribution in [2.45, 2.75) is 0 Å². The molecule has 4 aromatic rings. The number of nitro groups is 1. The van der Waals surface area contributed by atoms with Gasteiger partial charge in [0.2, 0.25) is 0 Å². The summed E-state index contributed by atoms with van der Waals surface area (Å²) < 4.78 is 0. The molecule has 136 valence electrons. The summed E-state index contributed by atoms with van der Waals surface area (Å²) in [7, 11) is 0. The van der Waals surface area contributed by atoms with Gasteiger partial charge in [0.15, 0.2) is 0 Å². The van der Waals surface area contributed by atoms with Crippen LogP contribution in [-0.4, -0.2) is 4.92 Å². The third-order valence-corrected chi connectivity index (χ3v) is 4.89. The zero-order valence-electron chi connectivity index (χ0n) is 14.9. The van der Waals surface area contributed by atoms with Gasteiger partial charge in [-0.15, -0.1) is 0 Å². The Labute approximate surface area is 168 Å². The van der Waals surface area contributed by atoms with E-state index in [1.54, 1.807) is 12.1 Å². The van der Waals surface area contributed by atoms with E-state index in [-0.39, 0.29) is 10.6 Å². The first-order valence-electron chi connectivity index (χ1n) is 8.83. The molecule has 0 atom stereocenters. The molecular formula is C24H16ClNO2. The molecule has 0 aliphatic rings. The van der Waals surface area contributed by atoms with Crippen LogP contribution in [-0.2, 0) is 0 Å². The van der Waals surface area contributed by atoms with Crippen molar-refractivity contribution in [3.8, 4) is 33.4 Å². The third-order valence-electron chi connectivity index (χ3n) is 4.65. The van der Waals surface area contributed by atoms with E-state index in [1.807, 2.05) is 54.6 Å². The molecule has 0 heterocycles. The van der Waals surface area contributed by atoms with Crippen LogP contribution in [0.2, 0.25) is 5.02 Å². The minimum absolute atomic E-state index is 0.0380. The van der Waals surface area contributed by atoms with Crippen molar-refractivity contribution < 1.29 is 4.92 Å². The smallest absolute Gasteiger partial charge is 0.258 e. The second kappa shape index (κ2) is 7.67. The summed E-state index contributed by atoms with van der Waals surface area (Å²) >= 11 is 6.15. The zero-order valence-corrected chi connectivity index (χ0v) is 15.6. The van der Waals surface area contributed by atoms with Gasteiger partial charge in [-0.25, -0.2) is 0 Å². The Morgan fingerprint density at radius 3 is 2.00 bits per heavy atom. The molecule has 0 aromatic heterocycles. The van der Waals surface area contributed by atoms with Crippen LogP contribution in [0.5, 0.6) is 0 Å². The Balaban J connectivity index is 1.89. The summed E-state index contributed by atoms with van der Waals surface area (Å²) in [4.78, 5) is 11.2. The Hall–Kier alpha value is -3.43. The summed E-state index contributed by atoms with van der Waals surface area (Å²) in [6.45, 7) is 0. The SMILES string of the molecule is O=[N+]([O-])c1ccc(Cl)cc1-c1ccccc1-c1cccc(-c2ccccc2)c1. The number of benzene rings is 4. The van der Waals surface area contributed by atoms with Gasteiger partial charge in [0, 0.05) is 11.1 Å². The first kappa shape index (κ1) is 18.0. The Kier molecular flexibility index (Phi) is 4.92. The molecular weight excluding hydrogens is 370 g/mol. The molecule has 0 radical (unpaired) electrons. The molecule has 0 unspecified atom stereocenters. The summed E-state index contributed by atoms with van der Waals surface area (Å²) in [5.74, 6) is 0. The summed E-state index contributed by atoms with van der Waals surface area (Å²) in [6.07, 6.45) is 0. The van der Waals surface area contributed by atoms with Crippen LogP contribution in [0.4, 0.5) is 5.69 Å². The Bertz CT molecular complexity index is 1160. The normalized spacial score (nSPS) is 10.6. The van der Waals surface area contributed by atoms with Crippen LogP contribution in [0.25, 0.3) is 33.4 Å². The number of hydrogen-bond acceptors (Lipinski definition) is 2. The number of nitro benzene ring substituents is 1. The summed E-state index contributed by atoms with van der Waals surface area (Å²) in [5.41, 5.74) is 5.46. The largest absolute Gasteiger partial charge is 0.277 e. The topological polar surface area (TPSA) is 43.1 Å². The molecule has 0 spiro atoms. The number of halogens is 1. The molecule has 0 aliphatic carbocycles. The number of hydrogen-bond donors (Lipinski definition) is 0. The Morgan fingerprint density at radius 1 is 0.607 bits per heavy atom. The molecule has 4 aromatic carbocycles. The Morgan fingerprint density at radius 2 is 1.25 bits per heavy atom. The van der Waals surface area contributed by atoms with E-state index in [4.69, 9.17) is 11.6 Å². The standard InChI is InChI=1S/C24H16ClNO2/c25-20-13-14-24(26(27)28)23(16-20)22-12-5-4-11-21(22)19-10-6-9-18(15-19)17-7-2-1-3-8-17/h1-16H. The maximum absolute atomic E-state index is 11.6. The van der Waals surface area contributed by atoms with Gasteiger partial charge < -0.3 is 0 Å². The fraction of sp³-hybridized carbons (Fsp3) is 0. The summed E-state index contributed by atoms with van der Waals surface area (Å²) in [6, 6.07) is 30.6. The van der Waals surface area contributed by atoms with E-state index >= 15 is 0 Å². The highest BCUT2D eigenvalue weighted by atomic mass is 35.5. The van der Waals surface area contributed by atoms with Crippen LogP contribution >= 0.6 is 11.6 Å². The van der Waals surface area contributed by atoms with Crippen molar-refractivity contribution >= 4 is 17.3 Å². The highest BCUT2D eigenvalue weighted by Crippen LogP contribution is 2.39. The van der Waals surface area contributed by atoms with E-state index in [9.17, 15) is 10.1 Å². The number of nitrogens with zero attached hydrogens (tertiary/aromatic N) is 1. The molecule has 0 aliphatic heterocycles. The monoisotopic (exact) mass is 385 g/mol. The quantitative estimate of drug-likeness (QED) is 0.274. The van der Waals surface area contributed by atoms with E-state index in [0.29, 0.717) is 10.6 Å². The lowest BCUT2D eigenvalue weighted by Gasteiger charge is -2.12. The van der Waals surface area contributed by atoms with E-state index in [1.165, 1.54) is 6.07 Å². The van der Waals surface area contributed by atoms with Gasteiger partial charge in [-0.05, 0) is 46.0 Å². The third kappa shape index (κ3) is 3.53. The highest BCUT2D eigenvalue weighted by Gasteiger charge is 2.18. The van der Waals surface area contributed by atoms with Crippen molar-refractivity contribution in [3.63, 3.8) is 0 Å². The van der Waals surface area contributed by atoms with Crippen molar-refractivity contribution in [1.29, 1.82) is 0 Å². The van der Waals surface area contributed by atoms with Crippen molar-refractivity contribution in [2.75, 3.05) is 0 Å². The predicted molar refractivity (Wildman–Crippen MR) is 114 cm³/mol. The van der Waals surface area contributed by atoms with Gasteiger partial charge in [-0.1, -0.05) is 84.4 Å². The molecule has 3 nitrogen and oxygen atoms in total. The molecule has 0 amide bonds. The highest BCUT2D eigenvalue weighted by molar-refractivity contribution is 6.31. The minimum atomic E-state index is -0.372. The lowest BCUT2D eigenvalue weighted by Crippen LogP contribution is -1.94. The van der Waals surface area contributed by atoms with Crippen LogP contribution in [0.1, 0.15) is 0 Å². The molecule has 4 rings (SSSR count). The first-order chi connectivity index (χ1) is 13.6. The average Bonchev–Trinajstić information content (AvgIpc) is 2.74. The van der Waals surface area contributed by atoms with Crippen LogP contribution in [0.3, 0.4) is 0 Å². The molecule has 0 saturated carbocycles. The van der Waals surface area contributed by atoms with Crippen LogP contribution < -0.4 is 0 Å². The summed E-state index contributed by atoms with van der Waals surface area (Å²) in [5, 5.41) is 12.0. The zero-order chi connectivity index (χ0) is 19.5. The van der Waals surface area contributed by atoms with E-state index in [2.05, 4.69) is 24.3 Å². The van der Waals surface area contributed by atoms with E-state index in [0.717, 1.165) is 27.8 Å². The minimum Gasteiger partial charge on any atom is -0.258 e. The molecule has 0 N–H and O–H groups in total. The second-order valence-electron chi connectivity index (χ2n) is 6.41. The van der Waals surface area contributed by atoms with Crippen molar-refractivity contribution in [3.05, 3.63) is 112 Å². The van der Waals surface area contributed by atoms with Crippen LogP contribution in [0.15, 0.2) is 97.1 Å². The molecule has 0 bridgehead atoms. The lowest BCUT2D eigenvalue weighted by molar-refractivity contribution is -0.384. The molecule has 28 heavy (non-hydrogen) atoms. The lowest BCUT2D eigenvalue weighted by atomic mass is 9.92. The van der Waals surface area contributed by atoms with Gasteiger partial charge >= 0.3 is 0 Å². The van der Waals surface area contributed by atoms with Gasteiger partial charge in [-0.2, -0.15) is 0 Å². The number of rotatable bonds is 4. The molecule has 0 saturated heterocycles. The van der Waals surface area contributed by atoms with Gasteiger partial charge in [0.05, 0.1) is 10.5 Å². The fourth-order valence-corrected chi connectivity index (χ4v) is 3.52. The van der Waals surface area contributed by atoms with Crippen molar-refractivity contribution in [2.24, 2.45) is 0 Å². The average molecular weight is 386 g/mol. The van der Waals surface area contributed by atoms with Gasteiger partial charge in [-0.3, -0.25) is 10.1 Å². The molecule has 0 fully saturated rings. The second-order valence-corrected chi connectivity index (χ2v) is 6.85. The maximum atomic E-state index is 11.6. The predicted octanol–water partition coefficient (Wildman–Crippen LogP) is 7.25.